The smallest absolute Gasteiger partial charge is 0.138 e. The number of aliphatic hydroxyl groups excluding tert-OH is 1. The summed E-state index contributed by atoms with van der Waals surface area (Å²) in [4.78, 5) is 0. The molecule has 5 nitrogen and oxygen atoms in total. The third-order valence-electron chi connectivity index (χ3n) is 0.937. The molecule has 0 saturated heterocycles. The molecular weight excluding hydrogens is 120 g/mol. The van der Waals surface area contributed by atoms with Gasteiger partial charge in [0, 0.05) is 13.2 Å². The molecule has 1 N–H and O–H groups in total. The van der Waals surface area contributed by atoms with Gasteiger partial charge in [-0.25, -0.2) is 4.68 Å². The second kappa shape index (κ2) is 3.13. The van der Waals surface area contributed by atoms with Crippen molar-refractivity contribution in [3.8, 4) is 0 Å². The molecule has 0 aliphatic heterocycles. The van der Waals surface area contributed by atoms with Crippen LogP contribution < -0.4 is 0 Å². The van der Waals surface area contributed by atoms with Crippen LogP contribution in [0.1, 0.15) is 6.42 Å². The third kappa shape index (κ3) is 1.77. The van der Waals surface area contributed by atoms with Gasteiger partial charge in [0.05, 0.1) is 0 Å². The van der Waals surface area contributed by atoms with Crippen molar-refractivity contribution in [2.45, 2.75) is 13.0 Å². The Morgan fingerprint density at radius 2 is 2.44 bits per heavy atom. The first-order valence-corrected chi connectivity index (χ1v) is 2.75. The molecule has 0 atom stereocenters. The van der Waals surface area contributed by atoms with Crippen LogP contribution in [0.15, 0.2) is 6.33 Å². The SMILES string of the molecule is OCCCn1cnnn1. The molecule has 1 heterocycles. The fourth-order valence-corrected chi connectivity index (χ4v) is 0.515. The molecule has 0 unspecified atom stereocenters. The topological polar surface area (TPSA) is 63.8 Å². The molecule has 50 valence electrons. The Morgan fingerprint density at radius 1 is 1.56 bits per heavy atom. The minimum absolute atomic E-state index is 0.180. The van der Waals surface area contributed by atoms with Crippen LogP contribution in [0.2, 0.25) is 0 Å². The molecule has 1 rings (SSSR count). The monoisotopic (exact) mass is 128 g/mol. The average Bonchev–Trinajstić information content (AvgIpc) is 2.34. The highest BCUT2D eigenvalue weighted by molar-refractivity contribution is 4.45. The van der Waals surface area contributed by atoms with Gasteiger partial charge in [-0.3, -0.25) is 0 Å². The fourth-order valence-electron chi connectivity index (χ4n) is 0.515. The maximum absolute atomic E-state index is 8.38. The zero-order chi connectivity index (χ0) is 6.53. The van der Waals surface area contributed by atoms with Crippen LogP contribution in [-0.2, 0) is 6.54 Å². The lowest BCUT2D eigenvalue weighted by molar-refractivity contribution is 0.276. The predicted octanol–water partition coefficient (Wildman–Crippen LogP) is -0.945. The lowest BCUT2D eigenvalue weighted by atomic mass is 10.5. The summed E-state index contributed by atoms with van der Waals surface area (Å²) < 4.78 is 1.58. The standard InChI is InChI=1S/C4H8N4O/c9-3-1-2-8-4-5-6-7-8/h4,9H,1-3H2. The Kier molecular flexibility index (Phi) is 2.14. The molecule has 0 aromatic carbocycles. The second-order valence-electron chi connectivity index (χ2n) is 1.65. The van der Waals surface area contributed by atoms with Gasteiger partial charge in [-0.15, -0.1) is 5.10 Å². The number of tetrazole rings is 1. The van der Waals surface area contributed by atoms with E-state index in [2.05, 4.69) is 15.5 Å². The van der Waals surface area contributed by atoms with E-state index in [0.29, 0.717) is 13.0 Å². The van der Waals surface area contributed by atoms with Crippen molar-refractivity contribution in [3.05, 3.63) is 6.33 Å². The normalized spacial score (nSPS) is 9.89. The van der Waals surface area contributed by atoms with Crippen molar-refractivity contribution in [2.24, 2.45) is 0 Å². The van der Waals surface area contributed by atoms with E-state index in [4.69, 9.17) is 5.11 Å². The highest BCUT2D eigenvalue weighted by atomic mass is 16.3. The molecule has 0 aliphatic rings. The molecule has 0 amide bonds. The van der Waals surface area contributed by atoms with Gasteiger partial charge in [0.15, 0.2) is 0 Å². The fraction of sp³-hybridized carbons (Fsp3) is 0.750. The predicted molar refractivity (Wildman–Crippen MR) is 29.5 cm³/mol. The molecule has 0 radical (unpaired) electrons. The first-order valence-electron chi connectivity index (χ1n) is 2.75. The number of aliphatic hydroxyl groups is 1. The Morgan fingerprint density at radius 3 is 3.00 bits per heavy atom. The van der Waals surface area contributed by atoms with Crippen molar-refractivity contribution in [2.75, 3.05) is 6.61 Å². The van der Waals surface area contributed by atoms with Crippen molar-refractivity contribution in [3.63, 3.8) is 0 Å². The zero-order valence-electron chi connectivity index (χ0n) is 4.93. The molecule has 5 heteroatoms. The minimum atomic E-state index is 0.180. The zero-order valence-corrected chi connectivity index (χ0v) is 4.93. The molecule has 0 bridgehead atoms. The molecule has 9 heavy (non-hydrogen) atoms. The van der Waals surface area contributed by atoms with Gasteiger partial charge < -0.3 is 5.11 Å². The van der Waals surface area contributed by atoms with Crippen molar-refractivity contribution in [1.82, 2.24) is 20.2 Å². The summed E-state index contributed by atoms with van der Waals surface area (Å²) >= 11 is 0. The maximum Gasteiger partial charge on any atom is 0.138 e. The Labute approximate surface area is 52.3 Å². The summed E-state index contributed by atoms with van der Waals surface area (Å²) in [7, 11) is 0. The number of hydrogen-bond acceptors (Lipinski definition) is 4. The Balaban J connectivity index is 2.30. The quantitative estimate of drug-likeness (QED) is 0.570. The molecule has 0 fully saturated rings. The van der Waals surface area contributed by atoms with Crippen LogP contribution in [0.5, 0.6) is 0 Å². The highest BCUT2D eigenvalue weighted by Gasteiger charge is 1.88. The van der Waals surface area contributed by atoms with Crippen molar-refractivity contribution >= 4 is 0 Å². The maximum atomic E-state index is 8.38. The number of nitrogens with zero attached hydrogens (tertiary/aromatic N) is 4. The van der Waals surface area contributed by atoms with E-state index >= 15 is 0 Å². The Hall–Kier alpha value is -0.970. The lowest BCUT2D eigenvalue weighted by Crippen LogP contribution is -2.00. The second-order valence-corrected chi connectivity index (χ2v) is 1.65. The van der Waals surface area contributed by atoms with E-state index in [-0.39, 0.29) is 6.61 Å². The van der Waals surface area contributed by atoms with Gasteiger partial charge in [-0.05, 0) is 16.8 Å². The van der Waals surface area contributed by atoms with Gasteiger partial charge in [-0.1, -0.05) is 0 Å². The number of rotatable bonds is 3. The third-order valence-corrected chi connectivity index (χ3v) is 0.937. The van der Waals surface area contributed by atoms with Crippen LogP contribution >= 0.6 is 0 Å². The molecule has 0 aliphatic carbocycles. The summed E-state index contributed by atoms with van der Waals surface area (Å²) in [5.41, 5.74) is 0. The van der Waals surface area contributed by atoms with Gasteiger partial charge >= 0.3 is 0 Å². The first kappa shape index (κ1) is 6.15. The van der Waals surface area contributed by atoms with Crippen LogP contribution in [0, 0.1) is 0 Å². The van der Waals surface area contributed by atoms with E-state index in [1.54, 1.807) is 4.68 Å². The van der Waals surface area contributed by atoms with Crippen molar-refractivity contribution in [1.29, 1.82) is 0 Å². The van der Waals surface area contributed by atoms with Gasteiger partial charge in [0.1, 0.15) is 6.33 Å². The van der Waals surface area contributed by atoms with E-state index in [9.17, 15) is 0 Å². The largest absolute Gasteiger partial charge is 0.396 e. The number of aromatic nitrogens is 4. The summed E-state index contributed by atoms with van der Waals surface area (Å²) in [6, 6.07) is 0. The van der Waals surface area contributed by atoms with Gasteiger partial charge in [0.2, 0.25) is 0 Å². The highest BCUT2D eigenvalue weighted by Crippen LogP contribution is 1.81. The Bertz CT molecular complexity index is 150. The molecule has 1 aromatic heterocycles. The van der Waals surface area contributed by atoms with Crippen LogP contribution in [0.3, 0.4) is 0 Å². The van der Waals surface area contributed by atoms with Crippen LogP contribution in [0.25, 0.3) is 0 Å². The average molecular weight is 128 g/mol. The van der Waals surface area contributed by atoms with E-state index < -0.39 is 0 Å². The number of hydrogen-bond donors (Lipinski definition) is 1. The van der Waals surface area contributed by atoms with E-state index in [1.165, 1.54) is 6.33 Å². The molecule has 0 saturated carbocycles. The van der Waals surface area contributed by atoms with E-state index in [0.717, 1.165) is 0 Å². The lowest BCUT2D eigenvalue weighted by Gasteiger charge is -1.92. The summed E-state index contributed by atoms with van der Waals surface area (Å²) in [5.74, 6) is 0. The van der Waals surface area contributed by atoms with Crippen molar-refractivity contribution < 1.29 is 5.11 Å². The van der Waals surface area contributed by atoms with Crippen LogP contribution in [-0.4, -0.2) is 31.9 Å². The summed E-state index contributed by atoms with van der Waals surface area (Å²) in [5, 5.41) is 18.8. The molecule has 0 spiro atoms. The minimum Gasteiger partial charge on any atom is -0.396 e. The summed E-state index contributed by atoms with van der Waals surface area (Å²) in [6.07, 6.45) is 2.22. The summed E-state index contributed by atoms with van der Waals surface area (Å²) in [6.45, 7) is 0.864. The molecule has 1 aromatic rings. The molecular formula is C4H8N4O. The number of aryl methyl sites for hydroxylation is 1. The first-order chi connectivity index (χ1) is 4.43. The van der Waals surface area contributed by atoms with Gasteiger partial charge in [0.25, 0.3) is 0 Å². The van der Waals surface area contributed by atoms with E-state index in [1.807, 2.05) is 0 Å². The van der Waals surface area contributed by atoms with Gasteiger partial charge in [-0.2, -0.15) is 0 Å². The van der Waals surface area contributed by atoms with Crippen LogP contribution in [0.4, 0.5) is 0 Å².